The SMILES string of the molecule is CC(C)(C)O[C@H]1[C@H](OC(C)(C)C)CN2CC[C@@H](I)C[C@@H]12. The lowest BCUT2D eigenvalue weighted by Gasteiger charge is -2.38. The van der Waals surface area contributed by atoms with E-state index in [1.807, 2.05) is 0 Å². The second-order valence-corrected chi connectivity index (χ2v) is 9.91. The molecule has 0 N–H and O–H groups in total. The van der Waals surface area contributed by atoms with Crippen molar-refractivity contribution in [3.05, 3.63) is 0 Å². The van der Waals surface area contributed by atoms with E-state index in [4.69, 9.17) is 9.47 Å². The predicted octanol–water partition coefficient (Wildman–Crippen LogP) is 3.64. The molecule has 0 aromatic heterocycles. The summed E-state index contributed by atoms with van der Waals surface area (Å²) < 4.78 is 13.5. The number of alkyl halides is 1. The van der Waals surface area contributed by atoms with Gasteiger partial charge in [0, 0.05) is 16.5 Å². The highest BCUT2D eigenvalue weighted by Crippen LogP contribution is 2.36. The van der Waals surface area contributed by atoms with E-state index < -0.39 is 0 Å². The van der Waals surface area contributed by atoms with Crippen LogP contribution in [-0.2, 0) is 9.47 Å². The van der Waals surface area contributed by atoms with Crippen LogP contribution in [0.2, 0.25) is 0 Å². The summed E-state index contributed by atoms with van der Waals surface area (Å²) in [4.78, 5) is 2.59. The average Bonchev–Trinajstić information content (AvgIpc) is 2.52. The van der Waals surface area contributed by atoms with Crippen LogP contribution in [0.4, 0.5) is 0 Å². The molecule has 0 aromatic carbocycles. The largest absolute Gasteiger partial charge is 0.369 e. The van der Waals surface area contributed by atoms with Crippen molar-refractivity contribution in [1.82, 2.24) is 4.90 Å². The van der Waals surface area contributed by atoms with Crippen LogP contribution >= 0.6 is 22.6 Å². The van der Waals surface area contributed by atoms with E-state index in [-0.39, 0.29) is 23.4 Å². The van der Waals surface area contributed by atoms with Gasteiger partial charge in [-0.15, -0.1) is 0 Å². The molecular weight excluding hydrogens is 365 g/mol. The fraction of sp³-hybridized carbons (Fsp3) is 1.00. The molecule has 3 nitrogen and oxygen atoms in total. The van der Waals surface area contributed by atoms with Crippen LogP contribution in [0, 0.1) is 0 Å². The number of hydrogen-bond donors (Lipinski definition) is 0. The molecule has 0 aromatic rings. The lowest BCUT2D eigenvalue weighted by molar-refractivity contribution is -0.151. The Morgan fingerprint density at radius 2 is 1.60 bits per heavy atom. The third-order valence-electron chi connectivity index (χ3n) is 3.85. The van der Waals surface area contributed by atoms with E-state index in [0.717, 1.165) is 10.5 Å². The van der Waals surface area contributed by atoms with Gasteiger partial charge in [-0.05, 0) is 60.9 Å². The van der Waals surface area contributed by atoms with Crippen LogP contribution < -0.4 is 0 Å². The summed E-state index contributed by atoms with van der Waals surface area (Å²) in [5, 5.41) is 0. The fourth-order valence-corrected chi connectivity index (χ4v) is 4.07. The Morgan fingerprint density at radius 1 is 1.00 bits per heavy atom. The zero-order chi connectivity index (χ0) is 15.1. The van der Waals surface area contributed by atoms with Crippen LogP contribution in [0.3, 0.4) is 0 Å². The summed E-state index contributed by atoms with van der Waals surface area (Å²) in [6, 6.07) is 0.525. The lowest BCUT2D eigenvalue weighted by atomic mass is 9.99. The first-order valence-corrected chi connectivity index (χ1v) is 9.03. The zero-order valence-corrected chi connectivity index (χ0v) is 15.9. The van der Waals surface area contributed by atoms with Crippen molar-refractivity contribution in [3.8, 4) is 0 Å². The van der Waals surface area contributed by atoms with Gasteiger partial charge in [0.25, 0.3) is 0 Å². The highest BCUT2D eigenvalue weighted by molar-refractivity contribution is 14.1. The molecule has 0 bridgehead atoms. The van der Waals surface area contributed by atoms with Gasteiger partial charge >= 0.3 is 0 Å². The van der Waals surface area contributed by atoms with Crippen molar-refractivity contribution >= 4 is 22.6 Å². The van der Waals surface area contributed by atoms with Gasteiger partial charge in [0.05, 0.1) is 17.3 Å². The molecule has 4 atom stereocenters. The van der Waals surface area contributed by atoms with Crippen molar-refractivity contribution in [2.45, 2.75) is 87.8 Å². The molecular formula is C16H30INO2. The van der Waals surface area contributed by atoms with Gasteiger partial charge in [0.2, 0.25) is 0 Å². The van der Waals surface area contributed by atoms with E-state index >= 15 is 0 Å². The number of nitrogens with zero attached hydrogens (tertiary/aromatic N) is 1. The third-order valence-corrected chi connectivity index (χ3v) is 4.98. The maximum Gasteiger partial charge on any atom is 0.101 e. The molecule has 2 rings (SSSR count). The van der Waals surface area contributed by atoms with Crippen molar-refractivity contribution in [1.29, 1.82) is 0 Å². The fourth-order valence-electron chi connectivity index (χ4n) is 3.27. The molecule has 2 heterocycles. The van der Waals surface area contributed by atoms with Crippen LogP contribution in [0.15, 0.2) is 0 Å². The summed E-state index contributed by atoms with van der Waals surface area (Å²) >= 11 is 2.59. The Labute approximate surface area is 137 Å². The molecule has 2 aliphatic heterocycles. The molecule has 0 unspecified atom stereocenters. The molecule has 118 valence electrons. The van der Waals surface area contributed by atoms with E-state index in [0.29, 0.717) is 6.04 Å². The number of piperidine rings is 1. The Balaban J connectivity index is 2.14. The minimum absolute atomic E-state index is 0.109. The summed E-state index contributed by atoms with van der Waals surface area (Å²) in [5.41, 5.74) is -0.221. The zero-order valence-electron chi connectivity index (χ0n) is 13.8. The van der Waals surface area contributed by atoms with Crippen molar-refractivity contribution in [3.63, 3.8) is 0 Å². The summed E-state index contributed by atoms with van der Waals surface area (Å²) in [7, 11) is 0. The van der Waals surface area contributed by atoms with Crippen LogP contribution in [0.5, 0.6) is 0 Å². The van der Waals surface area contributed by atoms with Gasteiger partial charge < -0.3 is 9.47 Å². The Morgan fingerprint density at radius 3 is 2.15 bits per heavy atom. The summed E-state index contributed by atoms with van der Waals surface area (Å²) in [6.45, 7) is 15.1. The van der Waals surface area contributed by atoms with Gasteiger partial charge in [-0.25, -0.2) is 0 Å². The molecule has 2 saturated heterocycles. The molecule has 0 radical (unpaired) electrons. The highest BCUT2D eigenvalue weighted by atomic mass is 127. The number of hydrogen-bond acceptors (Lipinski definition) is 3. The Bertz CT molecular complexity index is 334. The first-order valence-electron chi connectivity index (χ1n) is 7.79. The molecule has 2 aliphatic rings. The average molecular weight is 395 g/mol. The van der Waals surface area contributed by atoms with E-state index in [2.05, 4.69) is 69.0 Å². The van der Waals surface area contributed by atoms with Gasteiger partial charge in [0.15, 0.2) is 0 Å². The number of rotatable bonds is 2. The minimum atomic E-state index is -0.113. The number of fused-ring (bicyclic) bond motifs is 1. The van der Waals surface area contributed by atoms with Crippen LogP contribution in [0.1, 0.15) is 54.4 Å². The van der Waals surface area contributed by atoms with Gasteiger partial charge in [-0.2, -0.15) is 0 Å². The van der Waals surface area contributed by atoms with Crippen LogP contribution in [0.25, 0.3) is 0 Å². The molecule has 0 spiro atoms. The van der Waals surface area contributed by atoms with Crippen molar-refractivity contribution < 1.29 is 9.47 Å². The predicted molar refractivity (Wildman–Crippen MR) is 91.7 cm³/mol. The van der Waals surface area contributed by atoms with E-state index in [1.165, 1.54) is 19.4 Å². The minimum Gasteiger partial charge on any atom is -0.369 e. The Hall–Kier alpha value is 0.610. The smallest absolute Gasteiger partial charge is 0.101 e. The molecule has 4 heteroatoms. The number of ether oxygens (including phenoxy) is 2. The van der Waals surface area contributed by atoms with Gasteiger partial charge in [0.1, 0.15) is 6.10 Å². The monoisotopic (exact) mass is 395 g/mol. The lowest BCUT2D eigenvalue weighted by Crippen LogP contribution is -2.47. The van der Waals surface area contributed by atoms with Crippen LogP contribution in [-0.4, -0.2) is 51.4 Å². The maximum atomic E-state index is 6.40. The second-order valence-electron chi connectivity index (χ2n) is 8.15. The van der Waals surface area contributed by atoms with Gasteiger partial charge in [-0.1, -0.05) is 22.6 Å². The summed E-state index contributed by atoms with van der Waals surface area (Å²) in [5.74, 6) is 0. The summed E-state index contributed by atoms with van der Waals surface area (Å²) in [6.07, 6.45) is 2.92. The molecule has 0 saturated carbocycles. The van der Waals surface area contributed by atoms with E-state index in [1.54, 1.807) is 0 Å². The quantitative estimate of drug-likeness (QED) is 0.527. The highest BCUT2D eigenvalue weighted by Gasteiger charge is 2.48. The molecule has 0 aliphatic carbocycles. The van der Waals surface area contributed by atoms with Gasteiger partial charge in [-0.3, -0.25) is 4.90 Å². The molecule has 0 amide bonds. The standard InChI is InChI=1S/C16H30INO2/c1-15(2,3)19-13-10-18-8-7-11(17)9-12(18)14(13)20-16(4,5)6/h11-14H,7-10H2,1-6H3/t11-,12+,13-,14-/m1/s1. The number of halogens is 1. The molecule has 2 fully saturated rings. The Kier molecular flexibility index (Phi) is 5.10. The first kappa shape index (κ1) is 17.0. The normalized spacial score (nSPS) is 36.1. The van der Waals surface area contributed by atoms with E-state index in [9.17, 15) is 0 Å². The maximum absolute atomic E-state index is 6.40. The second kappa shape index (κ2) is 6.01. The first-order chi connectivity index (χ1) is 9.05. The van der Waals surface area contributed by atoms with Crippen molar-refractivity contribution in [2.24, 2.45) is 0 Å². The topological polar surface area (TPSA) is 21.7 Å². The molecule has 20 heavy (non-hydrogen) atoms. The van der Waals surface area contributed by atoms with Crippen molar-refractivity contribution in [2.75, 3.05) is 13.1 Å². The third kappa shape index (κ3) is 4.55.